The van der Waals surface area contributed by atoms with Crippen molar-refractivity contribution in [1.82, 2.24) is 19.4 Å². The Morgan fingerprint density at radius 2 is 1.70 bits per heavy atom. The smallest absolute Gasteiger partial charge is 0.151 e. The Bertz CT molecular complexity index is 1270. The lowest BCUT2D eigenvalue weighted by atomic mass is 9.58. The van der Waals surface area contributed by atoms with Crippen LogP contribution in [-0.4, -0.2) is 64.7 Å². The highest BCUT2D eigenvalue weighted by Crippen LogP contribution is 2.51. The molecule has 0 N–H and O–H groups in total. The third kappa shape index (κ3) is 4.24. The molecule has 0 atom stereocenters. The van der Waals surface area contributed by atoms with E-state index in [-0.39, 0.29) is 0 Å². The quantitative estimate of drug-likeness (QED) is 0.485. The summed E-state index contributed by atoms with van der Waals surface area (Å²) in [6.07, 6.45) is 5.04. The number of likely N-dealkylation sites (tertiary alicyclic amines) is 1. The van der Waals surface area contributed by atoms with Gasteiger partial charge in [-0.3, -0.25) is 14.4 Å². The van der Waals surface area contributed by atoms with Gasteiger partial charge >= 0.3 is 0 Å². The zero-order valence-electron chi connectivity index (χ0n) is 22.5. The number of nitrogens with zero attached hydrogens (tertiary/aromatic N) is 5. The van der Waals surface area contributed by atoms with E-state index >= 15 is 0 Å². The summed E-state index contributed by atoms with van der Waals surface area (Å²) in [4.78, 5) is 12.5. The van der Waals surface area contributed by atoms with Gasteiger partial charge in [-0.05, 0) is 73.4 Å². The molecule has 3 aromatic rings. The third-order valence-electron chi connectivity index (χ3n) is 9.08. The first-order valence-electron chi connectivity index (χ1n) is 14.1. The van der Waals surface area contributed by atoms with Crippen LogP contribution < -0.4 is 9.64 Å². The van der Waals surface area contributed by atoms with E-state index in [2.05, 4.69) is 88.7 Å². The minimum Gasteiger partial charge on any atom is -0.483 e. The van der Waals surface area contributed by atoms with Gasteiger partial charge in [0.2, 0.25) is 0 Å². The topological polar surface area (TPSA) is 36.8 Å². The van der Waals surface area contributed by atoms with Gasteiger partial charge in [0.25, 0.3) is 0 Å². The van der Waals surface area contributed by atoms with Crippen LogP contribution in [0.15, 0.2) is 48.7 Å². The first-order valence-corrected chi connectivity index (χ1v) is 14.1. The fourth-order valence-corrected chi connectivity index (χ4v) is 7.29. The van der Waals surface area contributed by atoms with Crippen molar-refractivity contribution in [3.8, 4) is 22.6 Å². The van der Waals surface area contributed by atoms with Gasteiger partial charge in [0.15, 0.2) is 5.82 Å². The van der Waals surface area contributed by atoms with Crippen LogP contribution in [0.5, 0.6) is 5.75 Å². The molecule has 194 valence electrons. The van der Waals surface area contributed by atoms with Gasteiger partial charge in [-0.15, -0.1) is 0 Å². The molecule has 2 aromatic carbocycles. The Morgan fingerprint density at radius 1 is 0.973 bits per heavy atom. The molecule has 1 saturated carbocycles. The molecule has 6 nitrogen and oxygen atoms in total. The second-order valence-electron chi connectivity index (χ2n) is 12.3. The minimum atomic E-state index is 0.527. The van der Waals surface area contributed by atoms with Crippen molar-refractivity contribution in [2.75, 3.05) is 44.2 Å². The maximum absolute atomic E-state index is 6.18. The second-order valence-corrected chi connectivity index (χ2v) is 12.3. The fraction of sp³-hybridized carbons (Fsp3) is 0.516. The van der Waals surface area contributed by atoms with Crippen molar-refractivity contribution in [3.63, 3.8) is 0 Å². The lowest BCUT2D eigenvalue weighted by Crippen LogP contribution is -2.61. The number of hydrogen-bond donors (Lipinski definition) is 0. The van der Waals surface area contributed by atoms with Crippen molar-refractivity contribution in [2.24, 2.45) is 11.3 Å². The number of benzene rings is 2. The van der Waals surface area contributed by atoms with Gasteiger partial charge in [-0.25, -0.2) is 4.98 Å². The van der Waals surface area contributed by atoms with Crippen LogP contribution in [0.1, 0.15) is 45.1 Å². The summed E-state index contributed by atoms with van der Waals surface area (Å²) in [5.74, 6) is 2.86. The molecule has 1 aromatic heterocycles. The summed E-state index contributed by atoms with van der Waals surface area (Å²) in [5, 5.41) is 0. The van der Waals surface area contributed by atoms with E-state index in [4.69, 9.17) is 9.72 Å². The zero-order valence-corrected chi connectivity index (χ0v) is 22.5. The lowest BCUT2D eigenvalue weighted by Gasteiger charge is -2.58. The maximum Gasteiger partial charge on any atom is 0.151 e. The van der Waals surface area contributed by atoms with Crippen LogP contribution in [0.2, 0.25) is 0 Å². The highest BCUT2D eigenvalue weighted by atomic mass is 16.5. The number of hydrogen-bond acceptors (Lipinski definition) is 5. The number of fused-ring (bicyclic) bond motifs is 3. The van der Waals surface area contributed by atoms with E-state index in [0.717, 1.165) is 61.6 Å². The summed E-state index contributed by atoms with van der Waals surface area (Å²) in [5.41, 5.74) is 6.62. The first kappa shape index (κ1) is 23.3. The van der Waals surface area contributed by atoms with Gasteiger partial charge in [-0.2, -0.15) is 0 Å². The molecule has 0 bridgehead atoms. The molecule has 4 aliphatic rings. The molecule has 3 fully saturated rings. The predicted octanol–water partition coefficient (Wildman–Crippen LogP) is 5.19. The molecule has 1 aliphatic carbocycles. The number of aromatic nitrogens is 2. The molecular weight excluding hydrogens is 458 g/mol. The van der Waals surface area contributed by atoms with Gasteiger partial charge in [0, 0.05) is 63.7 Å². The Balaban J connectivity index is 1.03. The normalized spacial score (nSPS) is 21.4. The molecule has 3 aliphatic heterocycles. The molecule has 6 heteroatoms. The number of piperazine rings is 1. The van der Waals surface area contributed by atoms with Crippen LogP contribution in [-0.2, 0) is 13.2 Å². The Morgan fingerprint density at radius 3 is 2.41 bits per heavy atom. The highest BCUT2D eigenvalue weighted by molar-refractivity contribution is 5.70. The molecule has 7 rings (SSSR count). The van der Waals surface area contributed by atoms with Crippen molar-refractivity contribution in [2.45, 2.75) is 52.8 Å². The van der Waals surface area contributed by atoms with Crippen LogP contribution in [0, 0.1) is 11.3 Å². The summed E-state index contributed by atoms with van der Waals surface area (Å²) < 4.78 is 8.42. The van der Waals surface area contributed by atoms with Crippen LogP contribution in [0.25, 0.3) is 16.8 Å². The standard InChI is InChI=1S/C31H39N5O/c1-22(2)34-10-12-35(13-11-34)27-7-4-24(5-8-27)25-6-9-28-29(14-25)37-19-30-32-26(18-36(28)30)17-33-20-31(21-33)15-23(3)16-31/h4-9,14,18,22-23H,10-13,15-17,19-21H2,1-3H3. The van der Waals surface area contributed by atoms with E-state index in [1.165, 1.54) is 42.7 Å². The van der Waals surface area contributed by atoms with Crippen molar-refractivity contribution >= 4 is 5.69 Å². The van der Waals surface area contributed by atoms with Gasteiger partial charge < -0.3 is 9.64 Å². The molecule has 37 heavy (non-hydrogen) atoms. The summed E-state index contributed by atoms with van der Waals surface area (Å²) in [6, 6.07) is 16.2. The zero-order chi connectivity index (χ0) is 25.1. The molecule has 1 spiro atoms. The molecule has 0 amide bonds. The SMILES string of the molecule is CC1CC2(C1)CN(Cc1cn3c(n1)COc1cc(-c4ccc(N5CCN(C(C)C)CC5)cc4)ccc1-3)C2. The van der Waals surface area contributed by atoms with Crippen LogP contribution in [0.4, 0.5) is 5.69 Å². The van der Waals surface area contributed by atoms with Crippen molar-refractivity contribution in [3.05, 3.63) is 60.2 Å². The predicted molar refractivity (Wildman–Crippen MR) is 148 cm³/mol. The van der Waals surface area contributed by atoms with E-state index in [9.17, 15) is 0 Å². The maximum atomic E-state index is 6.18. The minimum absolute atomic E-state index is 0.527. The Kier molecular flexibility index (Phi) is 5.59. The number of anilines is 1. The molecule has 4 heterocycles. The molecule has 0 radical (unpaired) electrons. The lowest BCUT2D eigenvalue weighted by molar-refractivity contribution is -0.0936. The Hall–Kier alpha value is -2.83. The Labute approximate surface area is 220 Å². The van der Waals surface area contributed by atoms with Crippen molar-refractivity contribution in [1.29, 1.82) is 0 Å². The van der Waals surface area contributed by atoms with E-state index in [1.54, 1.807) is 0 Å². The largest absolute Gasteiger partial charge is 0.483 e. The molecule has 0 unspecified atom stereocenters. The van der Waals surface area contributed by atoms with Crippen molar-refractivity contribution < 1.29 is 4.74 Å². The number of imidazole rings is 1. The number of rotatable bonds is 5. The summed E-state index contributed by atoms with van der Waals surface area (Å²) in [7, 11) is 0. The molecule has 2 saturated heterocycles. The fourth-order valence-electron chi connectivity index (χ4n) is 7.29. The van der Waals surface area contributed by atoms with E-state index in [1.807, 2.05) is 0 Å². The summed E-state index contributed by atoms with van der Waals surface area (Å²) >= 11 is 0. The third-order valence-corrected chi connectivity index (χ3v) is 9.08. The van der Waals surface area contributed by atoms with Gasteiger partial charge in [0.05, 0.1) is 11.4 Å². The summed E-state index contributed by atoms with van der Waals surface area (Å²) in [6.45, 7) is 15.4. The van der Waals surface area contributed by atoms with Gasteiger partial charge in [-0.1, -0.05) is 25.1 Å². The second kappa shape index (κ2) is 8.88. The van der Waals surface area contributed by atoms with Crippen LogP contribution >= 0.6 is 0 Å². The average Bonchev–Trinajstić information content (AvgIpc) is 3.29. The highest BCUT2D eigenvalue weighted by Gasteiger charge is 2.50. The van der Waals surface area contributed by atoms with Crippen LogP contribution in [0.3, 0.4) is 0 Å². The van der Waals surface area contributed by atoms with E-state index < -0.39 is 0 Å². The van der Waals surface area contributed by atoms with E-state index in [0.29, 0.717) is 18.1 Å². The van der Waals surface area contributed by atoms with Gasteiger partial charge in [0.1, 0.15) is 12.4 Å². The first-order chi connectivity index (χ1) is 17.9. The molecular formula is C31H39N5O. The average molecular weight is 498 g/mol. The monoisotopic (exact) mass is 497 g/mol. The number of ether oxygens (including phenoxy) is 1.